The number of carbonyl (C=O) groups is 1. The third-order valence-corrected chi connectivity index (χ3v) is 8.76. The largest absolute Gasteiger partial charge is 0.497 e. The van der Waals surface area contributed by atoms with Gasteiger partial charge in [0.15, 0.2) is 0 Å². The average Bonchev–Trinajstić information content (AvgIpc) is 3.03. The molecule has 1 amide bonds. The lowest BCUT2D eigenvalue weighted by Gasteiger charge is -2.39. The Morgan fingerprint density at radius 3 is 2.60 bits per heavy atom. The van der Waals surface area contributed by atoms with Crippen molar-refractivity contribution < 1.29 is 28.5 Å². The molecule has 3 aliphatic rings. The van der Waals surface area contributed by atoms with Gasteiger partial charge in [-0.15, -0.1) is 0 Å². The number of fused-ring (bicyclic) bond motifs is 1. The molecular weight excluding hydrogens is 534 g/mol. The summed E-state index contributed by atoms with van der Waals surface area (Å²) in [6, 6.07) is 14.7. The van der Waals surface area contributed by atoms with Crippen LogP contribution in [0.3, 0.4) is 0 Å². The van der Waals surface area contributed by atoms with Crippen molar-refractivity contribution in [1.82, 2.24) is 10.2 Å². The molecule has 0 saturated carbocycles. The summed E-state index contributed by atoms with van der Waals surface area (Å²) in [6.45, 7) is 8.07. The summed E-state index contributed by atoms with van der Waals surface area (Å²) in [5.74, 6) is 1.77. The average molecular weight is 582 g/mol. The number of carbonyl (C=O) groups excluding carboxylic acids is 1. The summed E-state index contributed by atoms with van der Waals surface area (Å²) in [7, 11) is 3.41. The van der Waals surface area contributed by atoms with Gasteiger partial charge < -0.3 is 38.8 Å². The van der Waals surface area contributed by atoms with E-state index in [4.69, 9.17) is 23.7 Å². The first-order valence-electron chi connectivity index (χ1n) is 15.4. The summed E-state index contributed by atoms with van der Waals surface area (Å²) in [4.78, 5) is 17.5. The number of rotatable bonds is 12. The molecule has 3 heterocycles. The van der Waals surface area contributed by atoms with Gasteiger partial charge in [-0.3, -0.25) is 4.79 Å². The molecule has 0 spiro atoms. The van der Waals surface area contributed by atoms with Crippen molar-refractivity contribution in [2.24, 2.45) is 0 Å². The van der Waals surface area contributed by atoms with E-state index in [0.717, 1.165) is 73.8 Å². The molecule has 2 saturated heterocycles. The second-order valence-electron chi connectivity index (χ2n) is 11.6. The van der Waals surface area contributed by atoms with Gasteiger partial charge in [0.05, 0.1) is 38.2 Å². The molecule has 42 heavy (non-hydrogen) atoms. The lowest BCUT2D eigenvalue weighted by Crippen LogP contribution is -2.52. The van der Waals surface area contributed by atoms with Gasteiger partial charge in [0.2, 0.25) is 5.91 Å². The molecule has 0 aromatic heterocycles. The second kappa shape index (κ2) is 15.0. The van der Waals surface area contributed by atoms with Gasteiger partial charge in [0.25, 0.3) is 0 Å². The van der Waals surface area contributed by atoms with Crippen LogP contribution < -0.4 is 19.7 Å². The summed E-state index contributed by atoms with van der Waals surface area (Å²) in [6.07, 6.45) is 3.93. The van der Waals surface area contributed by atoms with E-state index >= 15 is 0 Å². The van der Waals surface area contributed by atoms with Crippen LogP contribution in [0.2, 0.25) is 0 Å². The number of nitrogens with one attached hydrogen (secondary N) is 1. The third kappa shape index (κ3) is 7.56. The molecule has 2 aromatic rings. The number of nitrogens with zero attached hydrogens (tertiary/aromatic N) is 2. The van der Waals surface area contributed by atoms with E-state index in [2.05, 4.69) is 47.5 Å². The van der Waals surface area contributed by atoms with Gasteiger partial charge in [-0.05, 0) is 68.0 Å². The molecule has 2 fully saturated rings. The maximum absolute atomic E-state index is 13.1. The van der Waals surface area contributed by atoms with Gasteiger partial charge >= 0.3 is 0 Å². The maximum atomic E-state index is 13.1. The molecule has 0 aliphatic carbocycles. The molecule has 2 aromatic carbocycles. The number of hydrogen-bond acceptors (Lipinski definition) is 8. The standard InChI is InChI=1S/C33H47N3O6/c1-24-7-4-5-15-36(24)32(37)23-42-31-21-34-20-30(33(31)26-9-11-27(39-3)12-10-26)41-22-25-8-13-29-28(19-25)35(16-18-40-29)14-6-17-38-2/h8-13,19,24,30-31,33-34H,4-7,14-18,20-23H2,1-3H3/t24?,30?,31-,33?/m1/s1. The Morgan fingerprint density at radius 1 is 1.02 bits per heavy atom. The minimum Gasteiger partial charge on any atom is -0.497 e. The van der Waals surface area contributed by atoms with Crippen molar-refractivity contribution in [3.63, 3.8) is 0 Å². The lowest BCUT2D eigenvalue weighted by atomic mass is 9.85. The topological polar surface area (TPSA) is 81.7 Å². The maximum Gasteiger partial charge on any atom is 0.248 e. The van der Waals surface area contributed by atoms with Crippen LogP contribution in [0.25, 0.3) is 0 Å². The minimum absolute atomic E-state index is 0.0322. The predicted octanol–water partition coefficient (Wildman–Crippen LogP) is 3.99. The van der Waals surface area contributed by atoms with Crippen molar-refractivity contribution >= 4 is 11.6 Å². The molecule has 0 bridgehead atoms. The first-order chi connectivity index (χ1) is 20.6. The first-order valence-corrected chi connectivity index (χ1v) is 15.4. The van der Waals surface area contributed by atoms with Crippen LogP contribution in [-0.2, 0) is 25.6 Å². The van der Waals surface area contributed by atoms with Crippen LogP contribution >= 0.6 is 0 Å². The van der Waals surface area contributed by atoms with Crippen molar-refractivity contribution in [3.05, 3.63) is 53.6 Å². The summed E-state index contributed by atoms with van der Waals surface area (Å²) < 4.78 is 29.6. The SMILES string of the molecule is COCCCN1CCOc2ccc(COC3CNC[C@@H](OCC(=O)N4CCCCC4C)C3c3ccc(OC)cc3)cc21. The molecule has 230 valence electrons. The van der Waals surface area contributed by atoms with E-state index in [-0.39, 0.29) is 36.7 Å². The number of methoxy groups -OCH3 is 2. The lowest BCUT2D eigenvalue weighted by molar-refractivity contribution is -0.144. The fourth-order valence-corrected chi connectivity index (χ4v) is 6.42. The Kier molecular flexibility index (Phi) is 11.0. The molecule has 3 unspecified atom stereocenters. The van der Waals surface area contributed by atoms with E-state index < -0.39 is 0 Å². The van der Waals surface area contributed by atoms with Crippen LogP contribution in [-0.4, -0.2) is 95.8 Å². The van der Waals surface area contributed by atoms with E-state index in [9.17, 15) is 4.79 Å². The first kappa shape index (κ1) is 30.6. The molecule has 4 atom stereocenters. The normalized spacial score (nSPS) is 24.2. The molecule has 9 nitrogen and oxygen atoms in total. The van der Waals surface area contributed by atoms with E-state index in [0.29, 0.717) is 26.3 Å². The van der Waals surface area contributed by atoms with Gasteiger partial charge in [0, 0.05) is 51.9 Å². The van der Waals surface area contributed by atoms with Crippen molar-refractivity contribution in [1.29, 1.82) is 0 Å². The molecule has 9 heteroatoms. The monoisotopic (exact) mass is 581 g/mol. The highest BCUT2D eigenvalue weighted by Crippen LogP contribution is 2.35. The van der Waals surface area contributed by atoms with Crippen LogP contribution in [0.15, 0.2) is 42.5 Å². The van der Waals surface area contributed by atoms with Gasteiger partial charge in [-0.2, -0.15) is 0 Å². The van der Waals surface area contributed by atoms with Gasteiger partial charge in [0.1, 0.15) is 24.7 Å². The zero-order chi connectivity index (χ0) is 29.3. The Morgan fingerprint density at radius 2 is 1.83 bits per heavy atom. The van der Waals surface area contributed by atoms with Gasteiger partial charge in [-0.25, -0.2) is 0 Å². The quantitative estimate of drug-likeness (QED) is 0.377. The van der Waals surface area contributed by atoms with Crippen LogP contribution in [0, 0.1) is 0 Å². The van der Waals surface area contributed by atoms with E-state index in [1.165, 1.54) is 6.42 Å². The molecule has 5 rings (SSSR count). The van der Waals surface area contributed by atoms with Gasteiger partial charge in [-0.1, -0.05) is 18.2 Å². The second-order valence-corrected chi connectivity index (χ2v) is 11.6. The number of amides is 1. The Bertz CT molecular complexity index is 1150. The number of likely N-dealkylation sites (tertiary alicyclic amines) is 1. The number of piperidine rings is 2. The fourth-order valence-electron chi connectivity index (χ4n) is 6.42. The highest BCUT2D eigenvalue weighted by atomic mass is 16.5. The zero-order valence-corrected chi connectivity index (χ0v) is 25.4. The highest BCUT2D eigenvalue weighted by Gasteiger charge is 2.37. The Labute approximate surface area is 250 Å². The molecule has 1 N–H and O–H groups in total. The third-order valence-electron chi connectivity index (χ3n) is 8.76. The summed E-state index contributed by atoms with van der Waals surface area (Å²) in [5.41, 5.74) is 3.33. The van der Waals surface area contributed by atoms with Crippen molar-refractivity contribution in [3.8, 4) is 11.5 Å². The van der Waals surface area contributed by atoms with Crippen LogP contribution in [0.1, 0.15) is 49.7 Å². The van der Waals surface area contributed by atoms with Crippen molar-refractivity contribution in [2.45, 2.75) is 63.4 Å². The smallest absolute Gasteiger partial charge is 0.248 e. The van der Waals surface area contributed by atoms with E-state index in [1.54, 1.807) is 14.2 Å². The van der Waals surface area contributed by atoms with Crippen LogP contribution in [0.4, 0.5) is 5.69 Å². The summed E-state index contributed by atoms with van der Waals surface area (Å²) in [5, 5.41) is 3.50. The van der Waals surface area contributed by atoms with Crippen LogP contribution in [0.5, 0.6) is 11.5 Å². The Hall–Kier alpha value is -2.85. The fraction of sp³-hybridized carbons (Fsp3) is 0.606. The predicted molar refractivity (Wildman–Crippen MR) is 163 cm³/mol. The molecule has 0 radical (unpaired) electrons. The van der Waals surface area contributed by atoms with Crippen molar-refractivity contribution in [2.75, 3.05) is 71.7 Å². The zero-order valence-electron chi connectivity index (χ0n) is 25.4. The Balaban J connectivity index is 1.29. The van der Waals surface area contributed by atoms with E-state index in [1.807, 2.05) is 17.0 Å². The number of anilines is 1. The number of benzene rings is 2. The number of hydrogen-bond donors (Lipinski definition) is 1. The summed E-state index contributed by atoms with van der Waals surface area (Å²) >= 11 is 0. The molecular formula is C33H47N3O6. The molecule has 3 aliphatic heterocycles. The highest BCUT2D eigenvalue weighted by molar-refractivity contribution is 5.77. The minimum atomic E-state index is -0.200. The number of ether oxygens (including phenoxy) is 5.